The number of H-pyrrole nitrogens is 1. The predicted molar refractivity (Wildman–Crippen MR) is 75.8 cm³/mol. The standard InChI is InChI=1S/C13H21N3OS/c1-13(2,3)18-8-11-15-10(6-12(17)16-11)7-14-9-4-5-9/h6,9,14H,4-5,7-8H2,1-3H3,(H,15,16,17). The second-order valence-electron chi connectivity index (χ2n) is 5.74. The number of aromatic amines is 1. The first-order chi connectivity index (χ1) is 8.42. The summed E-state index contributed by atoms with van der Waals surface area (Å²) in [5, 5.41) is 3.38. The highest BCUT2D eigenvalue weighted by Gasteiger charge is 2.20. The van der Waals surface area contributed by atoms with E-state index in [2.05, 4.69) is 36.1 Å². The Kier molecular flexibility index (Phi) is 4.12. The van der Waals surface area contributed by atoms with Gasteiger partial charge in [0.25, 0.3) is 5.56 Å². The minimum atomic E-state index is -0.0536. The molecule has 100 valence electrons. The molecule has 0 unspecified atom stereocenters. The van der Waals surface area contributed by atoms with Gasteiger partial charge in [0.15, 0.2) is 0 Å². The van der Waals surface area contributed by atoms with Gasteiger partial charge < -0.3 is 10.3 Å². The number of nitrogens with zero attached hydrogens (tertiary/aromatic N) is 1. The number of rotatable bonds is 5. The normalized spacial score (nSPS) is 15.9. The van der Waals surface area contributed by atoms with E-state index in [1.807, 2.05) is 0 Å². The monoisotopic (exact) mass is 267 g/mol. The van der Waals surface area contributed by atoms with Gasteiger partial charge in [0, 0.05) is 23.4 Å². The molecule has 0 saturated heterocycles. The summed E-state index contributed by atoms with van der Waals surface area (Å²) in [6.07, 6.45) is 2.49. The van der Waals surface area contributed by atoms with Crippen molar-refractivity contribution in [2.75, 3.05) is 0 Å². The Balaban J connectivity index is 1.98. The van der Waals surface area contributed by atoms with Crippen molar-refractivity contribution in [3.8, 4) is 0 Å². The van der Waals surface area contributed by atoms with Crippen molar-refractivity contribution < 1.29 is 0 Å². The van der Waals surface area contributed by atoms with Crippen LogP contribution >= 0.6 is 11.8 Å². The molecule has 2 N–H and O–H groups in total. The van der Waals surface area contributed by atoms with Gasteiger partial charge in [0.05, 0.1) is 11.4 Å². The zero-order chi connectivity index (χ0) is 13.2. The second-order valence-corrected chi connectivity index (χ2v) is 7.54. The van der Waals surface area contributed by atoms with Crippen molar-refractivity contribution in [3.63, 3.8) is 0 Å². The summed E-state index contributed by atoms with van der Waals surface area (Å²) >= 11 is 1.79. The highest BCUT2D eigenvalue weighted by atomic mass is 32.2. The SMILES string of the molecule is CC(C)(C)SCc1nc(CNC2CC2)cc(=O)[nH]1. The van der Waals surface area contributed by atoms with Crippen LogP contribution in [0.1, 0.15) is 45.1 Å². The molecule has 1 heterocycles. The van der Waals surface area contributed by atoms with E-state index in [1.165, 1.54) is 12.8 Å². The zero-order valence-corrected chi connectivity index (χ0v) is 12.1. The van der Waals surface area contributed by atoms with E-state index in [0.717, 1.165) is 17.3 Å². The molecule has 1 aromatic rings. The summed E-state index contributed by atoms with van der Waals surface area (Å²) < 4.78 is 0.181. The first-order valence-electron chi connectivity index (χ1n) is 6.39. The Bertz CT molecular complexity index is 460. The molecule has 1 saturated carbocycles. The van der Waals surface area contributed by atoms with Crippen molar-refractivity contribution in [2.24, 2.45) is 0 Å². The van der Waals surface area contributed by atoms with E-state index >= 15 is 0 Å². The molecule has 5 heteroatoms. The van der Waals surface area contributed by atoms with E-state index < -0.39 is 0 Å². The largest absolute Gasteiger partial charge is 0.310 e. The lowest BCUT2D eigenvalue weighted by Crippen LogP contribution is -2.20. The van der Waals surface area contributed by atoms with Gasteiger partial charge in [-0.15, -0.1) is 11.8 Å². The summed E-state index contributed by atoms with van der Waals surface area (Å²) in [6.45, 7) is 7.18. The third-order valence-corrected chi connectivity index (χ3v) is 3.92. The van der Waals surface area contributed by atoms with Crippen LogP contribution in [0.4, 0.5) is 0 Å². The van der Waals surface area contributed by atoms with Gasteiger partial charge in [-0.3, -0.25) is 4.79 Å². The summed E-state index contributed by atoms with van der Waals surface area (Å²) in [7, 11) is 0. The van der Waals surface area contributed by atoms with Crippen LogP contribution in [-0.2, 0) is 12.3 Å². The van der Waals surface area contributed by atoms with E-state index in [-0.39, 0.29) is 10.3 Å². The Morgan fingerprint density at radius 2 is 2.22 bits per heavy atom. The number of aromatic nitrogens is 2. The molecule has 0 spiro atoms. The Morgan fingerprint density at radius 1 is 1.50 bits per heavy atom. The molecule has 0 aromatic carbocycles. The third kappa shape index (κ3) is 4.82. The topological polar surface area (TPSA) is 57.8 Å². The van der Waals surface area contributed by atoms with Gasteiger partial charge in [-0.05, 0) is 12.8 Å². The van der Waals surface area contributed by atoms with Crippen LogP contribution in [0.5, 0.6) is 0 Å². The molecule has 1 aliphatic rings. The third-order valence-electron chi connectivity index (χ3n) is 2.63. The Hall–Kier alpha value is -0.810. The maximum absolute atomic E-state index is 11.6. The van der Waals surface area contributed by atoms with Gasteiger partial charge >= 0.3 is 0 Å². The fourth-order valence-corrected chi connectivity index (χ4v) is 2.25. The average Bonchev–Trinajstić information content (AvgIpc) is 3.06. The minimum absolute atomic E-state index is 0.0536. The zero-order valence-electron chi connectivity index (χ0n) is 11.2. The lowest BCUT2D eigenvalue weighted by molar-refractivity contribution is 0.668. The van der Waals surface area contributed by atoms with Crippen molar-refractivity contribution in [3.05, 3.63) is 27.9 Å². The Labute approximate surface area is 112 Å². The van der Waals surface area contributed by atoms with Gasteiger partial charge in [0.2, 0.25) is 0 Å². The van der Waals surface area contributed by atoms with E-state index in [0.29, 0.717) is 12.6 Å². The number of nitrogens with one attached hydrogen (secondary N) is 2. The van der Waals surface area contributed by atoms with Crippen molar-refractivity contribution in [2.45, 2.75) is 56.7 Å². The molecule has 1 aliphatic carbocycles. The lowest BCUT2D eigenvalue weighted by atomic mass is 10.3. The van der Waals surface area contributed by atoms with E-state index in [9.17, 15) is 4.79 Å². The first kappa shape index (κ1) is 13.6. The summed E-state index contributed by atoms with van der Waals surface area (Å²) in [5.74, 6) is 1.52. The maximum Gasteiger partial charge on any atom is 0.251 e. The van der Waals surface area contributed by atoms with Crippen LogP contribution in [0.25, 0.3) is 0 Å². The lowest BCUT2D eigenvalue weighted by Gasteiger charge is -2.17. The van der Waals surface area contributed by atoms with Crippen LogP contribution in [0.3, 0.4) is 0 Å². The molecule has 4 nitrogen and oxygen atoms in total. The summed E-state index contributed by atoms with van der Waals surface area (Å²) in [6, 6.07) is 2.22. The van der Waals surface area contributed by atoms with E-state index in [1.54, 1.807) is 17.8 Å². The molecule has 0 bridgehead atoms. The van der Waals surface area contributed by atoms with Crippen LogP contribution < -0.4 is 10.9 Å². The summed E-state index contributed by atoms with van der Waals surface area (Å²) in [4.78, 5) is 18.9. The van der Waals surface area contributed by atoms with Crippen molar-refractivity contribution >= 4 is 11.8 Å². The number of thioether (sulfide) groups is 1. The van der Waals surface area contributed by atoms with Crippen LogP contribution in [0.15, 0.2) is 10.9 Å². The quantitative estimate of drug-likeness (QED) is 0.857. The molecule has 0 amide bonds. The molecule has 1 fully saturated rings. The highest BCUT2D eigenvalue weighted by Crippen LogP contribution is 2.25. The number of hydrogen-bond acceptors (Lipinski definition) is 4. The molecule has 0 atom stereocenters. The maximum atomic E-state index is 11.6. The van der Waals surface area contributed by atoms with Crippen LogP contribution in [0, 0.1) is 0 Å². The molecule has 2 rings (SSSR count). The smallest absolute Gasteiger partial charge is 0.251 e. The summed E-state index contributed by atoms with van der Waals surface area (Å²) in [5.41, 5.74) is 0.789. The molecular formula is C13H21N3OS. The second kappa shape index (κ2) is 5.45. The number of hydrogen-bond donors (Lipinski definition) is 2. The molecule has 0 aliphatic heterocycles. The van der Waals surface area contributed by atoms with Crippen LogP contribution in [0.2, 0.25) is 0 Å². The molecule has 0 radical (unpaired) electrons. The van der Waals surface area contributed by atoms with Gasteiger partial charge in [-0.2, -0.15) is 0 Å². The van der Waals surface area contributed by atoms with Crippen LogP contribution in [-0.4, -0.2) is 20.8 Å². The molecule has 1 aromatic heterocycles. The minimum Gasteiger partial charge on any atom is -0.310 e. The Morgan fingerprint density at radius 3 is 2.83 bits per heavy atom. The van der Waals surface area contributed by atoms with Crippen molar-refractivity contribution in [1.82, 2.24) is 15.3 Å². The van der Waals surface area contributed by atoms with Gasteiger partial charge in [-0.1, -0.05) is 20.8 Å². The van der Waals surface area contributed by atoms with Crippen molar-refractivity contribution in [1.29, 1.82) is 0 Å². The molecule has 18 heavy (non-hydrogen) atoms. The van der Waals surface area contributed by atoms with Gasteiger partial charge in [0.1, 0.15) is 5.82 Å². The fourth-order valence-electron chi connectivity index (χ4n) is 1.54. The van der Waals surface area contributed by atoms with E-state index in [4.69, 9.17) is 0 Å². The first-order valence-corrected chi connectivity index (χ1v) is 7.37. The highest BCUT2D eigenvalue weighted by molar-refractivity contribution is 7.99. The molecular weight excluding hydrogens is 246 g/mol. The van der Waals surface area contributed by atoms with Gasteiger partial charge in [-0.25, -0.2) is 4.98 Å². The predicted octanol–water partition coefficient (Wildman–Crippen LogP) is 2.05. The average molecular weight is 267 g/mol. The fraction of sp³-hybridized carbons (Fsp3) is 0.692.